The minimum absolute atomic E-state index is 0.0900. The molecule has 1 aromatic carbocycles. The Labute approximate surface area is 199 Å². The number of aromatic nitrogens is 2. The predicted octanol–water partition coefficient (Wildman–Crippen LogP) is 3.66. The molecule has 1 aliphatic rings. The van der Waals surface area contributed by atoms with Crippen LogP contribution in [0.5, 0.6) is 5.75 Å². The Morgan fingerprint density at radius 1 is 1.15 bits per heavy atom. The van der Waals surface area contributed by atoms with E-state index in [4.69, 9.17) is 9.47 Å². The van der Waals surface area contributed by atoms with E-state index >= 15 is 0 Å². The normalized spacial score (nSPS) is 17.1. The lowest BCUT2D eigenvalue weighted by atomic mass is 9.95. The zero-order valence-electron chi connectivity index (χ0n) is 18.6. The van der Waals surface area contributed by atoms with Gasteiger partial charge in [0.1, 0.15) is 16.4 Å². The molecule has 1 aliphatic heterocycles. The Balaban J connectivity index is 1.90. The molecule has 3 aromatic rings. The number of aliphatic hydroxyl groups excluding tert-OH is 1. The molecule has 9 nitrogen and oxygen atoms in total. The van der Waals surface area contributed by atoms with Gasteiger partial charge in [0.25, 0.3) is 5.78 Å². The van der Waals surface area contributed by atoms with Crippen LogP contribution in [0, 0.1) is 6.92 Å². The number of rotatable bonds is 6. The van der Waals surface area contributed by atoms with Gasteiger partial charge in [-0.2, -0.15) is 0 Å². The Morgan fingerprint density at radius 2 is 1.82 bits per heavy atom. The Hall–Kier alpha value is -4.05. The Kier molecular flexibility index (Phi) is 6.42. The molecule has 1 amide bonds. The van der Waals surface area contributed by atoms with E-state index in [1.807, 2.05) is 6.92 Å². The molecule has 1 fully saturated rings. The number of esters is 1. The van der Waals surface area contributed by atoms with E-state index in [1.165, 1.54) is 24.4 Å². The third kappa shape index (κ3) is 4.03. The summed E-state index contributed by atoms with van der Waals surface area (Å²) in [7, 11) is 1.25. The van der Waals surface area contributed by atoms with Crippen molar-refractivity contribution in [1.82, 2.24) is 9.97 Å². The highest BCUT2D eigenvalue weighted by Crippen LogP contribution is 2.44. The molecule has 174 valence electrons. The number of carbonyl (C=O) groups excluding carboxylic acids is 3. The van der Waals surface area contributed by atoms with E-state index in [9.17, 15) is 19.5 Å². The standard InChI is InChI=1S/C24H21N3O6S/c1-4-33-16-7-5-14(6-8-16)18-17(19(28)15-9-11-25-12-10-15)20(29)22(30)27(18)24-26-13(2)21(34-24)23(31)32-3/h5-12,18,28H,4H2,1-3H3/b19-17+. The average Bonchev–Trinajstić information content (AvgIpc) is 3.36. The van der Waals surface area contributed by atoms with Crippen LogP contribution in [0.4, 0.5) is 5.13 Å². The van der Waals surface area contributed by atoms with E-state index < -0.39 is 23.7 Å². The van der Waals surface area contributed by atoms with Gasteiger partial charge in [-0.15, -0.1) is 0 Å². The maximum Gasteiger partial charge on any atom is 0.350 e. The number of carbonyl (C=O) groups is 3. The van der Waals surface area contributed by atoms with Gasteiger partial charge in [-0.1, -0.05) is 23.5 Å². The summed E-state index contributed by atoms with van der Waals surface area (Å²) in [4.78, 5) is 48.2. The van der Waals surface area contributed by atoms with Crippen molar-refractivity contribution in [3.8, 4) is 5.75 Å². The second-order valence-electron chi connectivity index (χ2n) is 7.31. The van der Waals surface area contributed by atoms with Gasteiger partial charge in [0.15, 0.2) is 5.13 Å². The molecule has 1 N–H and O–H groups in total. The second kappa shape index (κ2) is 9.44. The monoisotopic (exact) mass is 479 g/mol. The van der Waals surface area contributed by atoms with Gasteiger partial charge in [0.2, 0.25) is 0 Å². The summed E-state index contributed by atoms with van der Waals surface area (Å²) < 4.78 is 10.3. The zero-order valence-corrected chi connectivity index (χ0v) is 19.5. The van der Waals surface area contributed by atoms with Crippen molar-refractivity contribution in [1.29, 1.82) is 0 Å². The zero-order chi connectivity index (χ0) is 24.4. The molecular weight excluding hydrogens is 458 g/mol. The van der Waals surface area contributed by atoms with Gasteiger partial charge in [-0.3, -0.25) is 19.5 Å². The summed E-state index contributed by atoms with van der Waals surface area (Å²) in [5.41, 5.74) is 1.18. The van der Waals surface area contributed by atoms with Crippen LogP contribution in [-0.2, 0) is 14.3 Å². The number of anilines is 1. The molecule has 0 bridgehead atoms. The number of thiazole rings is 1. The van der Waals surface area contributed by atoms with Crippen molar-refractivity contribution in [3.63, 3.8) is 0 Å². The molecule has 10 heteroatoms. The highest BCUT2D eigenvalue weighted by molar-refractivity contribution is 7.17. The summed E-state index contributed by atoms with van der Waals surface area (Å²) in [5.74, 6) is -2.02. The van der Waals surface area contributed by atoms with E-state index in [2.05, 4.69) is 9.97 Å². The molecule has 1 unspecified atom stereocenters. The molecule has 4 rings (SSSR count). The van der Waals surface area contributed by atoms with Gasteiger partial charge in [0, 0.05) is 18.0 Å². The number of benzene rings is 1. The Bertz CT molecular complexity index is 1280. The topological polar surface area (TPSA) is 119 Å². The first-order valence-electron chi connectivity index (χ1n) is 10.4. The van der Waals surface area contributed by atoms with Crippen molar-refractivity contribution < 1.29 is 29.0 Å². The number of nitrogens with zero attached hydrogens (tertiary/aromatic N) is 3. The molecule has 3 heterocycles. The predicted molar refractivity (Wildman–Crippen MR) is 125 cm³/mol. The first-order valence-corrected chi connectivity index (χ1v) is 11.2. The minimum Gasteiger partial charge on any atom is -0.507 e. The fraction of sp³-hybridized carbons (Fsp3) is 0.208. The fourth-order valence-corrected chi connectivity index (χ4v) is 4.70. The first-order chi connectivity index (χ1) is 16.4. The van der Waals surface area contributed by atoms with Crippen molar-refractivity contribution in [2.45, 2.75) is 19.9 Å². The number of ether oxygens (including phenoxy) is 2. The van der Waals surface area contributed by atoms with Gasteiger partial charge in [0.05, 0.1) is 31.0 Å². The fourth-order valence-electron chi connectivity index (χ4n) is 3.69. The molecule has 1 saturated heterocycles. The number of methoxy groups -OCH3 is 1. The first kappa shape index (κ1) is 23.1. The van der Waals surface area contributed by atoms with Gasteiger partial charge in [-0.05, 0) is 43.7 Å². The molecule has 34 heavy (non-hydrogen) atoms. The number of hydrogen-bond donors (Lipinski definition) is 1. The van der Waals surface area contributed by atoms with E-state index in [1.54, 1.807) is 43.3 Å². The molecule has 0 radical (unpaired) electrons. The lowest BCUT2D eigenvalue weighted by Crippen LogP contribution is -2.29. The number of amides is 1. The second-order valence-corrected chi connectivity index (χ2v) is 8.29. The third-order valence-electron chi connectivity index (χ3n) is 5.27. The number of aryl methyl sites for hydroxylation is 1. The quantitative estimate of drug-likeness (QED) is 0.246. The Morgan fingerprint density at radius 3 is 2.44 bits per heavy atom. The number of Topliss-reactive ketones (excluding diaryl/α,β-unsaturated/α-hetero) is 1. The smallest absolute Gasteiger partial charge is 0.350 e. The summed E-state index contributed by atoms with van der Waals surface area (Å²) in [5, 5.41) is 11.2. The van der Waals surface area contributed by atoms with Crippen LogP contribution in [0.3, 0.4) is 0 Å². The number of pyridine rings is 1. The number of ketones is 1. The lowest BCUT2D eigenvalue weighted by molar-refractivity contribution is -0.132. The van der Waals surface area contributed by atoms with Gasteiger partial charge < -0.3 is 14.6 Å². The summed E-state index contributed by atoms with van der Waals surface area (Å²) in [6, 6.07) is 8.99. The van der Waals surface area contributed by atoms with Crippen LogP contribution in [-0.4, -0.2) is 46.5 Å². The molecule has 0 spiro atoms. The van der Waals surface area contributed by atoms with Crippen LogP contribution in [0.15, 0.2) is 54.4 Å². The highest BCUT2D eigenvalue weighted by atomic mass is 32.1. The van der Waals surface area contributed by atoms with Crippen molar-refractivity contribution >= 4 is 39.9 Å². The lowest BCUT2D eigenvalue weighted by Gasteiger charge is -2.23. The van der Waals surface area contributed by atoms with Crippen LogP contribution < -0.4 is 9.64 Å². The van der Waals surface area contributed by atoms with Crippen molar-refractivity contribution in [2.75, 3.05) is 18.6 Å². The van der Waals surface area contributed by atoms with E-state index in [-0.39, 0.29) is 21.3 Å². The molecule has 2 aromatic heterocycles. The van der Waals surface area contributed by atoms with E-state index in [0.29, 0.717) is 29.2 Å². The molecule has 0 aliphatic carbocycles. The summed E-state index contributed by atoms with van der Waals surface area (Å²) in [6.07, 6.45) is 2.95. The van der Waals surface area contributed by atoms with Crippen LogP contribution in [0.25, 0.3) is 5.76 Å². The van der Waals surface area contributed by atoms with Gasteiger partial charge >= 0.3 is 11.9 Å². The maximum absolute atomic E-state index is 13.2. The van der Waals surface area contributed by atoms with Crippen LogP contribution in [0.1, 0.15) is 39.5 Å². The molecular formula is C24H21N3O6S. The van der Waals surface area contributed by atoms with Crippen LogP contribution >= 0.6 is 11.3 Å². The van der Waals surface area contributed by atoms with E-state index in [0.717, 1.165) is 11.3 Å². The van der Waals surface area contributed by atoms with Crippen molar-refractivity contribution in [3.05, 3.63) is 76.1 Å². The average molecular weight is 480 g/mol. The molecule has 0 saturated carbocycles. The molecule has 1 atom stereocenters. The summed E-state index contributed by atoms with van der Waals surface area (Å²) >= 11 is 0.943. The van der Waals surface area contributed by atoms with Crippen LogP contribution in [0.2, 0.25) is 0 Å². The summed E-state index contributed by atoms with van der Waals surface area (Å²) in [6.45, 7) is 3.96. The van der Waals surface area contributed by atoms with Crippen molar-refractivity contribution in [2.24, 2.45) is 0 Å². The maximum atomic E-state index is 13.2. The largest absolute Gasteiger partial charge is 0.507 e. The third-order valence-corrected chi connectivity index (χ3v) is 6.40. The SMILES string of the molecule is CCOc1ccc(C2/C(=C(\O)c3ccncc3)C(=O)C(=O)N2c2nc(C)c(C(=O)OC)s2)cc1. The highest BCUT2D eigenvalue weighted by Gasteiger charge is 2.48. The van der Waals surface area contributed by atoms with Gasteiger partial charge in [-0.25, -0.2) is 9.78 Å². The number of hydrogen-bond acceptors (Lipinski definition) is 9. The number of aliphatic hydroxyl groups is 1. The minimum atomic E-state index is -0.972.